The minimum Gasteiger partial charge on any atom is -0.382 e. The lowest BCUT2D eigenvalue weighted by atomic mass is 9.48. The summed E-state index contributed by atoms with van der Waals surface area (Å²) in [6.07, 6.45) is 8.57. The standard InChI is InChI=1S/C21H27ClO3.ClH/c1-12(23)21(25)9-6-16-14-11-18(22)17-10-13(24)4-7-19(17,2)15(14)5-8-20(16,21)3;/h10-11,14-16,25H,4-9H2,1-3H3;1H/t14-,15+,16+,19-,20+,21+;/m1./s1. The molecule has 0 aromatic carbocycles. The Morgan fingerprint density at radius 3 is 2.50 bits per heavy atom. The highest BCUT2D eigenvalue weighted by molar-refractivity contribution is 6.32. The molecule has 0 aromatic heterocycles. The monoisotopic (exact) mass is 398 g/mol. The van der Waals surface area contributed by atoms with Crippen LogP contribution in [0.2, 0.25) is 0 Å². The molecule has 0 amide bonds. The second-order valence-corrected chi connectivity index (χ2v) is 9.57. The fourth-order valence-corrected chi connectivity index (χ4v) is 7.08. The third kappa shape index (κ3) is 2.36. The van der Waals surface area contributed by atoms with Crippen LogP contribution in [0.4, 0.5) is 0 Å². The maximum Gasteiger partial charge on any atom is 0.161 e. The highest BCUT2D eigenvalue weighted by Gasteiger charge is 2.65. The quantitative estimate of drug-likeness (QED) is 0.701. The van der Waals surface area contributed by atoms with Gasteiger partial charge in [0.2, 0.25) is 0 Å². The largest absolute Gasteiger partial charge is 0.382 e. The lowest BCUT2D eigenvalue weighted by Crippen LogP contribution is -2.56. The first-order chi connectivity index (χ1) is 11.6. The van der Waals surface area contributed by atoms with E-state index in [4.69, 9.17) is 11.6 Å². The molecular formula is C21H28Cl2O3. The van der Waals surface area contributed by atoms with E-state index in [1.54, 1.807) is 6.08 Å². The lowest BCUT2D eigenvalue weighted by Gasteiger charge is -2.57. The van der Waals surface area contributed by atoms with Gasteiger partial charge in [-0.1, -0.05) is 31.5 Å². The van der Waals surface area contributed by atoms with Crippen molar-refractivity contribution in [3.8, 4) is 0 Å². The molecule has 0 radical (unpaired) electrons. The van der Waals surface area contributed by atoms with Gasteiger partial charge in [-0.3, -0.25) is 9.59 Å². The highest BCUT2D eigenvalue weighted by atomic mass is 35.5. The SMILES string of the molecule is CC(=O)[C@@]1(O)CC[C@H]2[C@@H]3C=C(Cl)C4=CC(=O)CC[C@]4(C)[C@H]3CC[C@@]21C.Cl. The van der Waals surface area contributed by atoms with E-state index in [-0.39, 0.29) is 46.6 Å². The average Bonchev–Trinajstić information content (AvgIpc) is 2.83. The van der Waals surface area contributed by atoms with Crippen LogP contribution in [-0.2, 0) is 9.59 Å². The van der Waals surface area contributed by atoms with Crippen LogP contribution < -0.4 is 0 Å². The predicted octanol–water partition coefficient (Wildman–Crippen LogP) is 4.60. The van der Waals surface area contributed by atoms with E-state index in [0.29, 0.717) is 23.8 Å². The molecular weight excluding hydrogens is 371 g/mol. The van der Waals surface area contributed by atoms with Gasteiger partial charge in [0.05, 0.1) is 0 Å². The van der Waals surface area contributed by atoms with Gasteiger partial charge in [0.25, 0.3) is 0 Å². The van der Waals surface area contributed by atoms with Gasteiger partial charge in [-0.05, 0) is 73.8 Å². The second kappa shape index (κ2) is 6.18. The Hall–Kier alpha value is -0.640. The molecule has 0 aliphatic heterocycles. The first kappa shape index (κ1) is 20.1. The number of ketones is 2. The lowest BCUT2D eigenvalue weighted by molar-refractivity contribution is -0.156. The molecule has 144 valence electrons. The third-order valence-corrected chi connectivity index (χ3v) is 8.62. The summed E-state index contributed by atoms with van der Waals surface area (Å²) in [6, 6.07) is 0. The number of rotatable bonds is 1. The van der Waals surface area contributed by atoms with Crippen molar-refractivity contribution in [3.05, 3.63) is 22.8 Å². The Balaban J connectivity index is 0.00000196. The average molecular weight is 399 g/mol. The van der Waals surface area contributed by atoms with Crippen molar-refractivity contribution < 1.29 is 14.7 Å². The van der Waals surface area contributed by atoms with Crippen LogP contribution in [0.15, 0.2) is 22.8 Å². The zero-order valence-electron chi connectivity index (χ0n) is 15.7. The molecule has 4 aliphatic rings. The van der Waals surface area contributed by atoms with Crippen LogP contribution in [0.1, 0.15) is 59.3 Å². The van der Waals surface area contributed by atoms with Crippen LogP contribution in [0.5, 0.6) is 0 Å². The van der Waals surface area contributed by atoms with Gasteiger partial charge in [-0.25, -0.2) is 0 Å². The maximum atomic E-state index is 12.2. The van der Waals surface area contributed by atoms with Crippen molar-refractivity contribution in [1.29, 1.82) is 0 Å². The number of allylic oxidation sites excluding steroid dienone is 4. The zero-order chi connectivity index (χ0) is 18.2. The second-order valence-electron chi connectivity index (χ2n) is 9.16. The zero-order valence-corrected chi connectivity index (χ0v) is 17.3. The Morgan fingerprint density at radius 1 is 1.19 bits per heavy atom. The van der Waals surface area contributed by atoms with E-state index >= 15 is 0 Å². The number of carbonyl (C=O) groups is 2. The van der Waals surface area contributed by atoms with Crippen LogP contribution >= 0.6 is 24.0 Å². The van der Waals surface area contributed by atoms with Gasteiger partial charge < -0.3 is 5.11 Å². The van der Waals surface area contributed by atoms with Crippen LogP contribution in [0.25, 0.3) is 0 Å². The molecule has 0 unspecified atom stereocenters. The van der Waals surface area contributed by atoms with Crippen molar-refractivity contribution in [2.24, 2.45) is 28.6 Å². The molecule has 4 aliphatic carbocycles. The van der Waals surface area contributed by atoms with E-state index in [1.807, 2.05) is 0 Å². The first-order valence-electron chi connectivity index (χ1n) is 9.49. The Labute approximate surface area is 166 Å². The number of fused-ring (bicyclic) bond motifs is 5. The summed E-state index contributed by atoms with van der Waals surface area (Å²) >= 11 is 6.65. The summed E-state index contributed by atoms with van der Waals surface area (Å²) in [5.41, 5.74) is -0.643. The number of hydrogen-bond donors (Lipinski definition) is 1. The highest BCUT2D eigenvalue weighted by Crippen LogP contribution is 2.67. The summed E-state index contributed by atoms with van der Waals surface area (Å²) in [5.74, 6) is 1.04. The molecule has 0 heterocycles. The molecule has 0 spiro atoms. The van der Waals surface area contributed by atoms with Crippen molar-refractivity contribution in [3.63, 3.8) is 0 Å². The minimum absolute atomic E-state index is 0. The van der Waals surface area contributed by atoms with Gasteiger partial charge in [-0.2, -0.15) is 0 Å². The van der Waals surface area contributed by atoms with Crippen LogP contribution in [-0.4, -0.2) is 22.3 Å². The molecule has 1 N–H and O–H groups in total. The molecule has 2 fully saturated rings. The van der Waals surface area contributed by atoms with Gasteiger partial charge >= 0.3 is 0 Å². The molecule has 6 atom stereocenters. The third-order valence-electron chi connectivity index (χ3n) is 8.29. The summed E-state index contributed by atoms with van der Waals surface area (Å²) < 4.78 is 0. The van der Waals surface area contributed by atoms with E-state index in [2.05, 4.69) is 19.9 Å². The number of carbonyl (C=O) groups excluding carboxylic acids is 2. The number of aliphatic hydroxyl groups is 1. The van der Waals surface area contributed by atoms with Crippen molar-refractivity contribution in [2.75, 3.05) is 0 Å². The van der Waals surface area contributed by atoms with Crippen LogP contribution in [0, 0.1) is 28.6 Å². The molecule has 3 nitrogen and oxygen atoms in total. The van der Waals surface area contributed by atoms with E-state index in [1.165, 1.54) is 6.92 Å². The Bertz CT molecular complexity index is 727. The summed E-state index contributed by atoms with van der Waals surface area (Å²) in [5, 5.41) is 11.9. The number of halogens is 2. The Morgan fingerprint density at radius 2 is 1.85 bits per heavy atom. The molecule has 0 aromatic rings. The molecule has 2 saturated carbocycles. The van der Waals surface area contributed by atoms with Crippen LogP contribution in [0.3, 0.4) is 0 Å². The smallest absolute Gasteiger partial charge is 0.161 e. The fourth-order valence-electron chi connectivity index (χ4n) is 6.67. The molecule has 26 heavy (non-hydrogen) atoms. The molecule has 4 rings (SSSR count). The van der Waals surface area contributed by atoms with Gasteiger partial charge in [0, 0.05) is 16.9 Å². The number of hydrogen-bond acceptors (Lipinski definition) is 3. The van der Waals surface area contributed by atoms with E-state index in [0.717, 1.165) is 31.3 Å². The van der Waals surface area contributed by atoms with Gasteiger partial charge in [-0.15, -0.1) is 12.4 Å². The van der Waals surface area contributed by atoms with Crippen molar-refractivity contribution >= 4 is 35.6 Å². The predicted molar refractivity (Wildman–Crippen MR) is 104 cm³/mol. The summed E-state index contributed by atoms with van der Waals surface area (Å²) in [4.78, 5) is 24.2. The normalized spacial score (nSPS) is 47.0. The minimum atomic E-state index is -1.21. The van der Waals surface area contributed by atoms with E-state index < -0.39 is 5.60 Å². The summed E-state index contributed by atoms with van der Waals surface area (Å²) in [7, 11) is 0. The van der Waals surface area contributed by atoms with Crippen molar-refractivity contribution in [2.45, 2.75) is 64.9 Å². The maximum absolute atomic E-state index is 12.2. The first-order valence-corrected chi connectivity index (χ1v) is 9.87. The van der Waals surface area contributed by atoms with E-state index in [9.17, 15) is 14.7 Å². The summed E-state index contributed by atoms with van der Waals surface area (Å²) in [6.45, 7) is 5.88. The fraction of sp³-hybridized carbons (Fsp3) is 0.714. The molecule has 0 saturated heterocycles. The van der Waals surface area contributed by atoms with Crippen molar-refractivity contribution in [1.82, 2.24) is 0 Å². The number of Topliss-reactive ketones (excluding diaryl/α,β-unsaturated/α-hetero) is 1. The molecule has 5 heteroatoms. The Kier molecular flexibility index (Phi) is 4.78. The van der Waals surface area contributed by atoms with Gasteiger partial charge in [0.1, 0.15) is 5.60 Å². The topological polar surface area (TPSA) is 54.4 Å². The van der Waals surface area contributed by atoms with Gasteiger partial charge in [0.15, 0.2) is 11.6 Å². The molecule has 0 bridgehead atoms.